The Morgan fingerprint density at radius 2 is 1.71 bits per heavy atom. The maximum absolute atomic E-state index is 13.1. The highest BCUT2D eigenvalue weighted by molar-refractivity contribution is 7.99. The van der Waals surface area contributed by atoms with Gasteiger partial charge in [0, 0.05) is 28.4 Å². The Hall–Kier alpha value is -4.36. The molecule has 3 N–H and O–H groups in total. The van der Waals surface area contributed by atoms with Gasteiger partial charge >= 0.3 is 0 Å². The van der Waals surface area contributed by atoms with Gasteiger partial charge in [0.15, 0.2) is 0 Å². The van der Waals surface area contributed by atoms with E-state index in [4.69, 9.17) is 0 Å². The average Bonchev–Trinajstić information content (AvgIpc) is 3.31. The van der Waals surface area contributed by atoms with Crippen LogP contribution < -0.4 is 10.6 Å². The number of nitrogens with zero attached hydrogens (tertiary/aromatic N) is 2. The van der Waals surface area contributed by atoms with E-state index in [1.165, 1.54) is 0 Å². The molecule has 0 saturated heterocycles. The maximum Gasteiger partial charge on any atom is 0.256 e. The summed E-state index contributed by atoms with van der Waals surface area (Å²) in [5.74, 6) is -0.152. The molecular formula is C28H23N5OS. The minimum Gasteiger partial charge on any atom is -0.386 e. The van der Waals surface area contributed by atoms with E-state index in [0.29, 0.717) is 5.56 Å². The van der Waals surface area contributed by atoms with Crippen molar-refractivity contribution in [2.75, 3.05) is 17.7 Å². The zero-order valence-electron chi connectivity index (χ0n) is 19.0. The molecule has 0 saturated carbocycles. The highest BCUT2D eigenvalue weighted by Crippen LogP contribution is 2.33. The molecule has 172 valence electrons. The first-order chi connectivity index (χ1) is 17.2. The highest BCUT2D eigenvalue weighted by atomic mass is 32.2. The van der Waals surface area contributed by atoms with Crippen LogP contribution in [-0.4, -0.2) is 28.1 Å². The number of hydrogen-bond acceptors (Lipinski definition) is 5. The fourth-order valence-electron chi connectivity index (χ4n) is 3.72. The van der Waals surface area contributed by atoms with Gasteiger partial charge in [-0.25, -0.2) is 0 Å². The summed E-state index contributed by atoms with van der Waals surface area (Å²) in [5.41, 5.74) is 4.88. The predicted octanol–water partition coefficient (Wildman–Crippen LogP) is 6.57. The molecule has 1 amide bonds. The number of aromatic nitrogens is 3. The van der Waals surface area contributed by atoms with E-state index in [0.717, 1.165) is 43.5 Å². The molecule has 0 aliphatic carbocycles. The molecule has 3 aromatic carbocycles. The Kier molecular flexibility index (Phi) is 6.59. The van der Waals surface area contributed by atoms with Crippen LogP contribution in [0, 0.1) is 0 Å². The van der Waals surface area contributed by atoms with Crippen LogP contribution in [0.25, 0.3) is 23.1 Å². The monoisotopic (exact) mass is 477 g/mol. The number of aromatic amines is 1. The third-order valence-electron chi connectivity index (χ3n) is 5.47. The summed E-state index contributed by atoms with van der Waals surface area (Å²) >= 11 is 1.55. The van der Waals surface area contributed by atoms with Gasteiger partial charge in [0.2, 0.25) is 0 Å². The lowest BCUT2D eigenvalue weighted by Crippen LogP contribution is -2.14. The molecule has 0 spiro atoms. The number of fused-ring (bicyclic) bond motifs is 1. The lowest BCUT2D eigenvalue weighted by molar-refractivity contribution is 0.102. The summed E-state index contributed by atoms with van der Waals surface area (Å²) in [7, 11) is 1.83. The number of nitrogens with one attached hydrogen (secondary N) is 3. The van der Waals surface area contributed by atoms with E-state index in [1.54, 1.807) is 18.0 Å². The summed E-state index contributed by atoms with van der Waals surface area (Å²) in [6.45, 7) is 0. The zero-order valence-corrected chi connectivity index (χ0v) is 19.8. The smallest absolute Gasteiger partial charge is 0.256 e. The summed E-state index contributed by atoms with van der Waals surface area (Å²) in [4.78, 5) is 19.3. The fourth-order valence-corrected chi connectivity index (χ4v) is 4.70. The molecule has 2 aromatic heterocycles. The highest BCUT2D eigenvalue weighted by Gasteiger charge is 2.14. The van der Waals surface area contributed by atoms with E-state index in [2.05, 4.69) is 31.9 Å². The second kappa shape index (κ2) is 10.3. The van der Waals surface area contributed by atoms with Crippen LogP contribution in [0.4, 0.5) is 11.4 Å². The quantitative estimate of drug-likeness (QED) is 0.247. The van der Waals surface area contributed by atoms with E-state index in [1.807, 2.05) is 98.1 Å². The molecule has 0 unspecified atom stereocenters. The Labute approximate surface area is 207 Å². The molecular weight excluding hydrogens is 454 g/mol. The van der Waals surface area contributed by atoms with Crippen LogP contribution in [0.1, 0.15) is 21.7 Å². The first-order valence-corrected chi connectivity index (χ1v) is 11.9. The van der Waals surface area contributed by atoms with E-state index >= 15 is 0 Å². The minimum atomic E-state index is -0.152. The lowest BCUT2D eigenvalue weighted by atomic mass is 10.2. The molecule has 2 heterocycles. The number of carbonyl (C=O) groups is 1. The third kappa shape index (κ3) is 5.10. The van der Waals surface area contributed by atoms with Gasteiger partial charge in [-0.3, -0.25) is 14.9 Å². The Morgan fingerprint density at radius 1 is 0.914 bits per heavy atom. The number of H-pyrrole nitrogens is 1. The number of benzene rings is 3. The van der Waals surface area contributed by atoms with Crippen LogP contribution in [-0.2, 0) is 0 Å². The van der Waals surface area contributed by atoms with Crippen molar-refractivity contribution in [3.05, 3.63) is 108 Å². The van der Waals surface area contributed by atoms with E-state index in [-0.39, 0.29) is 5.91 Å². The Balaban J connectivity index is 1.37. The largest absolute Gasteiger partial charge is 0.386 e. The summed E-state index contributed by atoms with van der Waals surface area (Å²) in [6, 6.07) is 27.2. The van der Waals surface area contributed by atoms with Crippen LogP contribution in [0.5, 0.6) is 0 Å². The minimum absolute atomic E-state index is 0.152. The van der Waals surface area contributed by atoms with Gasteiger partial charge < -0.3 is 10.6 Å². The number of hydrogen-bond donors (Lipinski definition) is 3. The molecule has 0 atom stereocenters. The van der Waals surface area contributed by atoms with Gasteiger partial charge in [0.25, 0.3) is 5.91 Å². The maximum atomic E-state index is 13.1. The summed E-state index contributed by atoms with van der Waals surface area (Å²) in [5, 5.41) is 14.7. The molecule has 0 aliphatic rings. The number of carbonyl (C=O) groups excluding carboxylic acids is 1. The van der Waals surface area contributed by atoms with Crippen molar-refractivity contribution in [3.63, 3.8) is 0 Å². The second-order valence-electron chi connectivity index (χ2n) is 7.75. The van der Waals surface area contributed by atoms with Crippen molar-refractivity contribution in [3.8, 4) is 0 Å². The normalized spacial score (nSPS) is 11.1. The molecule has 0 aliphatic heterocycles. The fraction of sp³-hybridized carbons (Fsp3) is 0.0357. The molecule has 0 fully saturated rings. The van der Waals surface area contributed by atoms with Gasteiger partial charge in [-0.2, -0.15) is 5.10 Å². The van der Waals surface area contributed by atoms with Crippen molar-refractivity contribution in [2.45, 2.75) is 9.79 Å². The molecule has 0 bridgehead atoms. The van der Waals surface area contributed by atoms with Gasteiger partial charge in [0.1, 0.15) is 0 Å². The zero-order chi connectivity index (χ0) is 24.0. The number of para-hydroxylation sites is 2. The van der Waals surface area contributed by atoms with Crippen LogP contribution in [0.2, 0.25) is 0 Å². The van der Waals surface area contributed by atoms with Gasteiger partial charge in [0.05, 0.1) is 33.8 Å². The van der Waals surface area contributed by atoms with Crippen molar-refractivity contribution in [2.24, 2.45) is 0 Å². The standard InChI is InChI=1S/C28H23N5OS/c1-29-24-10-3-4-11-25(24)31-28(34)22-9-2-5-12-27(22)35-20-14-15-21-23(32-33-26(21)18-20)16-13-19-8-6-7-17-30-19/h2-18,29H,1H3,(H,31,34)(H,32,33)/b16-13+. The van der Waals surface area contributed by atoms with Crippen molar-refractivity contribution in [1.29, 1.82) is 0 Å². The van der Waals surface area contributed by atoms with Crippen molar-refractivity contribution in [1.82, 2.24) is 15.2 Å². The average molecular weight is 478 g/mol. The second-order valence-corrected chi connectivity index (χ2v) is 8.87. The SMILES string of the molecule is CNc1ccccc1NC(=O)c1ccccc1Sc1ccc2c(/C=C/c3ccccn3)n[nH]c2c1. The molecule has 35 heavy (non-hydrogen) atoms. The molecule has 0 radical (unpaired) electrons. The molecule has 6 nitrogen and oxygen atoms in total. The van der Waals surface area contributed by atoms with Crippen molar-refractivity contribution >= 4 is 52.1 Å². The number of rotatable bonds is 7. The number of amides is 1. The van der Waals surface area contributed by atoms with Gasteiger partial charge in [-0.15, -0.1) is 0 Å². The van der Waals surface area contributed by atoms with Crippen LogP contribution >= 0.6 is 11.8 Å². The van der Waals surface area contributed by atoms with E-state index < -0.39 is 0 Å². The Morgan fingerprint density at radius 3 is 2.54 bits per heavy atom. The van der Waals surface area contributed by atoms with Gasteiger partial charge in [-0.1, -0.05) is 42.1 Å². The van der Waals surface area contributed by atoms with Gasteiger partial charge in [-0.05, 0) is 66.7 Å². The van der Waals surface area contributed by atoms with E-state index in [9.17, 15) is 4.79 Å². The first kappa shape index (κ1) is 22.4. The van der Waals surface area contributed by atoms with Crippen LogP contribution in [0.15, 0.2) is 101 Å². The Bertz CT molecular complexity index is 1510. The molecule has 7 heteroatoms. The number of pyridine rings is 1. The molecule has 5 aromatic rings. The first-order valence-electron chi connectivity index (χ1n) is 11.1. The van der Waals surface area contributed by atoms with Crippen molar-refractivity contribution < 1.29 is 4.79 Å². The predicted molar refractivity (Wildman–Crippen MR) is 144 cm³/mol. The van der Waals surface area contributed by atoms with Crippen LogP contribution in [0.3, 0.4) is 0 Å². The topological polar surface area (TPSA) is 82.7 Å². The summed E-state index contributed by atoms with van der Waals surface area (Å²) in [6.07, 6.45) is 5.67. The summed E-state index contributed by atoms with van der Waals surface area (Å²) < 4.78 is 0. The molecule has 5 rings (SSSR count). The lowest BCUT2D eigenvalue weighted by Gasteiger charge is -2.13. The third-order valence-corrected chi connectivity index (χ3v) is 6.53. The number of anilines is 2.